The lowest BCUT2D eigenvalue weighted by Crippen LogP contribution is -2.45. The van der Waals surface area contributed by atoms with Crippen molar-refractivity contribution in [2.45, 2.75) is 26.5 Å². The third kappa shape index (κ3) is 8.29. The van der Waals surface area contributed by atoms with Crippen LogP contribution in [0.3, 0.4) is 0 Å². The molecule has 1 aliphatic heterocycles. The summed E-state index contributed by atoms with van der Waals surface area (Å²) in [6.07, 6.45) is 1.44. The lowest BCUT2D eigenvalue weighted by Gasteiger charge is -2.28. The predicted octanol–water partition coefficient (Wildman–Crippen LogP) is 5.41. The Bertz CT molecular complexity index is 1570. The van der Waals surface area contributed by atoms with E-state index in [9.17, 15) is 14.4 Å². The number of carbonyl (C=O) groups is 3. The quantitative estimate of drug-likeness (QED) is 0.132. The first-order valence-electron chi connectivity index (χ1n) is 13.4. The van der Waals surface area contributed by atoms with Gasteiger partial charge < -0.3 is 29.6 Å². The highest BCUT2D eigenvalue weighted by molar-refractivity contribution is 9.10. The smallest absolute Gasteiger partial charge is 0.338 e. The molecule has 0 fully saturated rings. The van der Waals surface area contributed by atoms with Crippen LogP contribution in [0.25, 0.3) is 0 Å². The summed E-state index contributed by atoms with van der Waals surface area (Å²) in [6.45, 7) is 3.50. The summed E-state index contributed by atoms with van der Waals surface area (Å²) in [4.78, 5) is 37.2. The minimum Gasteiger partial charge on any atom is -0.493 e. The molecule has 44 heavy (non-hydrogen) atoms. The molecule has 0 spiro atoms. The standard InChI is InChI=1S/C31H30BrClN4O7/c1-4-42-30(39)27-18(2)35-31(40)36-28(27)21-10-11-24(25(14-21)41-3)43-17-26(38)37-34-15-20-12-22(32)29(23(33)13-20)44-16-19-8-6-5-7-9-19/h5-15,28H,4,16-17H2,1-3H3,(H,37,38)(H2,35,36,40)/b34-15-/t28-/m0/s1. The lowest BCUT2D eigenvalue weighted by atomic mass is 9.95. The summed E-state index contributed by atoms with van der Waals surface area (Å²) in [5.41, 5.74) is 5.25. The Kier molecular flexibility index (Phi) is 11.2. The number of allylic oxidation sites excluding steroid dienone is 1. The molecule has 0 aliphatic carbocycles. The van der Waals surface area contributed by atoms with E-state index in [1.54, 1.807) is 44.2 Å². The number of esters is 1. The largest absolute Gasteiger partial charge is 0.493 e. The molecule has 1 atom stereocenters. The number of halogens is 2. The Morgan fingerprint density at radius 3 is 2.57 bits per heavy atom. The van der Waals surface area contributed by atoms with Crippen molar-refractivity contribution in [3.8, 4) is 17.2 Å². The predicted molar refractivity (Wildman–Crippen MR) is 168 cm³/mol. The number of amides is 3. The second-order valence-electron chi connectivity index (χ2n) is 9.37. The van der Waals surface area contributed by atoms with Crippen molar-refractivity contribution < 1.29 is 33.3 Å². The molecule has 13 heteroatoms. The van der Waals surface area contributed by atoms with Crippen molar-refractivity contribution in [2.24, 2.45) is 5.10 Å². The van der Waals surface area contributed by atoms with Gasteiger partial charge in [-0.3, -0.25) is 4.79 Å². The van der Waals surface area contributed by atoms with Crippen LogP contribution in [0.1, 0.15) is 36.6 Å². The van der Waals surface area contributed by atoms with Crippen LogP contribution in [-0.4, -0.2) is 44.4 Å². The maximum atomic E-state index is 12.6. The normalized spacial score (nSPS) is 14.5. The first-order valence-corrected chi connectivity index (χ1v) is 14.6. The van der Waals surface area contributed by atoms with Crippen molar-refractivity contribution in [3.63, 3.8) is 0 Å². The number of nitrogens with one attached hydrogen (secondary N) is 3. The zero-order valence-corrected chi connectivity index (χ0v) is 26.5. The first-order chi connectivity index (χ1) is 21.2. The lowest BCUT2D eigenvalue weighted by molar-refractivity contribution is -0.139. The van der Waals surface area contributed by atoms with E-state index in [0.717, 1.165) is 5.56 Å². The van der Waals surface area contributed by atoms with Crippen molar-refractivity contribution >= 4 is 51.7 Å². The van der Waals surface area contributed by atoms with Gasteiger partial charge in [0.15, 0.2) is 23.9 Å². The van der Waals surface area contributed by atoms with E-state index in [2.05, 4.69) is 37.1 Å². The van der Waals surface area contributed by atoms with Gasteiger partial charge >= 0.3 is 12.0 Å². The van der Waals surface area contributed by atoms with Crippen molar-refractivity contribution in [1.29, 1.82) is 0 Å². The summed E-state index contributed by atoms with van der Waals surface area (Å²) in [5.74, 6) is -0.0108. The molecule has 0 radical (unpaired) electrons. The number of methoxy groups -OCH3 is 1. The Labute approximate surface area is 267 Å². The van der Waals surface area contributed by atoms with Crippen LogP contribution in [0.2, 0.25) is 5.02 Å². The summed E-state index contributed by atoms with van der Waals surface area (Å²) in [7, 11) is 1.44. The molecule has 0 unspecified atom stereocenters. The van der Waals surface area contributed by atoms with Gasteiger partial charge in [0.1, 0.15) is 6.61 Å². The molecule has 0 aromatic heterocycles. The topological polar surface area (TPSA) is 137 Å². The van der Waals surface area contributed by atoms with E-state index in [1.807, 2.05) is 30.3 Å². The number of hydrogen-bond acceptors (Lipinski definition) is 8. The molecule has 0 saturated carbocycles. The average Bonchev–Trinajstić information content (AvgIpc) is 2.99. The first kappa shape index (κ1) is 32.4. The molecule has 1 aliphatic rings. The molecule has 230 valence electrons. The maximum Gasteiger partial charge on any atom is 0.338 e. The van der Waals surface area contributed by atoms with E-state index in [1.165, 1.54) is 13.3 Å². The Morgan fingerprint density at radius 2 is 1.86 bits per heavy atom. The van der Waals surface area contributed by atoms with Gasteiger partial charge in [-0.1, -0.05) is 48.0 Å². The van der Waals surface area contributed by atoms with Crippen molar-refractivity contribution in [3.05, 3.63) is 98.1 Å². The number of benzene rings is 3. The van der Waals surface area contributed by atoms with E-state index >= 15 is 0 Å². The molecule has 11 nitrogen and oxygen atoms in total. The number of carbonyl (C=O) groups excluding carboxylic acids is 3. The van der Waals surface area contributed by atoms with Gasteiger partial charge in [0, 0.05) is 5.70 Å². The number of urea groups is 1. The molecule has 4 rings (SSSR count). The number of hydrogen-bond donors (Lipinski definition) is 3. The highest BCUT2D eigenvalue weighted by Crippen LogP contribution is 2.36. The zero-order valence-electron chi connectivity index (χ0n) is 24.1. The van der Waals surface area contributed by atoms with E-state index in [-0.39, 0.29) is 24.5 Å². The van der Waals surface area contributed by atoms with Crippen LogP contribution in [0.5, 0.6) is 17.2 Å². The van der Waals surface area contributed by atoms with Gasteiger partial charge in [0.25, 0.3) is 5.91 Å². The fraction of sp³-hybridized carbons (Fsp3) is 0.226. The van der Waals surface area contributed by atoms with Gasteiger partial charge in [-0.05, 0) is 70.7 Å². The van der Waals surface area contributed by atoms with Crippen LogP contribution < -0.4 is 30.3 Å². The minimum atomic E-state index is -0.776. The average molecular weight is 686 g/mol. The fourth-order valence-electron chi connectivity index (χ4n) is 4.28. The van der Waals surface area contributed by atoms with Crippen LogP contribution in [0.4, 0.5) is 4.79 Å². The Morgan fingerprint density at radius 1 is 1.09 bits per heavy atom. The second kappa shape index (κ2) is 15.3. The monoisotopic (exact) mass is 684 g/mol. The highest BCUT2D eigenvalue weighted by atomic mass is 79.9. The summed E-state index contributed by atoms with van der Waals surface area (Å²) < 4.78 is 22.8. The number of hydrazone groups is 1. The van der Waals surface area contributed by atoms with Gasteiger partial charge in [-0.25, -0.2) is 15.0 Å². The maximum absolute atomic E-state index is 12.6. The zero-order chi connectivity index (χ0) is 31.6. The van der Waals surface area contributed by atoms with E-state index in [4.69, 9.17) is 30.5 Å². The van der Waals surface area contributed by atoms with Gasteiger partial charge in [0.05, 0.1) is 41.0 Å². The molecular formula is C31H30BrClN4O7. The third-order valence-electron chi connectivity index (χ3n) is 6.29. The van der Waals surface area contributed by atoms with Crippen LogP contribution in [0, 0.1) is 0 Å². The molecule has 1 heterocycles. The number of nitrogens with zero attached hydrogens (tertiary/aromatic N) is 1. The summed E-state index contributed by atoms with van der Waals surface area (Å²) >= 11 is 9.89. The third-order valence-corrected chi connectivity index (χ3v) is 7.16. The highest BCUT2D eigenvalue weighted by Gasteiger charge is 2.32. The summed E-state index contributed by atoms with van der Waals surface area (Å²) in [6, 6.07) is 16.8. The van der Waals surface area contributed by atoms with Crippen LogP contribution >= 0.6 is 27.5 Å². The van der Waals surface area contributed by atoms with Crippen LogP contribution in [-0.2, 0) is 20.9 Å². The van der Waals surface area contributed by atoms with E-state index in [0.29, 0.717) is 44.4 Å². The molecule has 3 aromatic carbocycles. The molecule has 3 N–H and O–H groups in total. The fourth-order valence-corrected chi connectivity index (χ4v) is 5.27. The van der Waals surface area contributed by atoms with Crippen molar-refractivity contribution in [2.75, 3.05) is 20.3 Å². The molecule has 0 bridgehead atoms. The van der Waals surface area contributed by atoms with Gasteiger partial charge in [-0.2, -0.15) is 5.10 Å². The molecule has 3 amide bonds. The number of rotatable bonds is 12. The van der Waals surface area contributed by atoms with Crippen LogP contribution in [0.15, 0.2) is 81.5 Å². The molecule has 0 saturated heterocycles. The summed E-state index contributed by atoms with van der Waals surface area (Å²) in [5, 5.41) is 9.68. The minimum absolute atomic E-state index is 0.181. The SMILES string of the molecule is CCOC(=O)C1=C(C)NC(=O)N[C@H]1c1ccc(OCC(=O)N/N=C\c2cc(Cl)c(OCc3ccccc3)c(Br)c2)c(OC)c1. The van der Waals surface area contributed by atoms with Crippen molar-refractivity contribution in [1.82, 2.24) is 16.1 Å². The molecular weight excluding hydrogens is 656 g/mol. The van der Waals surface area contributed by atoms with Gasteiger partial charge in [0.2, 0.25) is 0 Å². The second-order valence-corrected chi connectivity index (χ2v) is 10.6. The van der Waals surface area contributed by atoms with E-state index < -0.39 is 23.9 Å². The Hall–Kier alpha value is -4.55. The van der Waals surface area contributed by atoms with Gasteiger partial charge in [-0.15, -0.1) is 0 Å². The number of ether oxygens (including phenoxy) is 4. The molecule has 3 aromatic rings. The Balaban J connectivity index is 1.36.